The number of hydrogen-bond donors (Lipinski definition) is 0. The highest BCUT2D eigenvalue weighted by Crippen LogP contribution is 2.39. The van der Waals surface area contributed by atoms with E-state index in [1.807, 2.05) is 0 Å². The van der Waals surface area contributed by atoms with Crippen molar-refractivity contribution in [3.63, 3.8) is 0 Å². The molecule has 0 bridgehead atoms. The van der Waals surface area contributed by atoms with Crippen LogP contribution in [0.1, 0.15) is 19.8 Å². The van der Waals surface area contributed by atoms with Crippen LogP contribution in [-0.4, -0.2) is 6.04 Å². The molecular formula is C27H25N. The number of benzene rings is 2. The second-order valence-corrected chi connectivity index (χ2v) is 7.85. The van der Waals surface area contributed by atoms with E-state index in [0.29, 0.717) is 5.92 Å². The molecule has 0 N–H and O–H groups in total. The molecule has 1 heteroatoms. The molecule has 28 heavy (non-hydrogen) atoms. The molecule has 3 aliphatic rings. The van der Waals surface area contributed by atoms with Gasteiger partial charge in [-0.15, -0.1) is 0 Å². The van der Waals surface area contributed by atoms with E-state index in [2.05, 4.69) is 109 Å². The van der Waals surface area contributed by atoms with Crippen LogP contribution in [0, 0.1) is 5.92 Å². The molecule has 5 rings (SSSR count). The lowest BCUT2D eigenvalue weighted by molar-refractivity contribution is 0.610. The first kappa shape index (κ1) is 17.1. The van der Waals surface area contributed by atoms with E-state index >= 15 is 0 Å². The fourth-order valence-corrected chi connectivity index (χ4v) is 4.55. The Morgan fingerprint density at radius 2 is 1.71 bits per heavy atom. The second kappa shape index (κ2) is 7.16. The van der Waals surface area contributed by atoms with Crippen LogP contribution in [0.5, 0.6) is 0 Å². The van der Waals surface area contributed by atoms with Gasteiger partial charge in [-0.1, -0.05) is 90.6 Å². The van der Waals surface area contributed by atoms with E-state index in [4.69, 9.17) is 0 Å². The Labute approximate surface area is 167 Å². The molecule has 0 aliphatic heterocycles. The summed E-state index contributed by atoms with van der Waals surface area (Å²) >= 11 is 0. The van der Waals surface area contributed by atoms with Gasteiger partial charge in [-0.2, -0.15) is 0 Å². The summed E-state index contributed by atoms with van der Waals surface area (Å²) in [6.07, 6.45) is 22.6. The quantitative estimate of drug-likeness (QED) is 0.574. The zero-order valence-electron chi connectivity index (χ0n) is 16.3. The Kier molecular flexibility index (Phi) is 4.37. The summed E-state index contributed by atoms with van der Waals surface area (Å²) in [5.74, 6) is 0.377. The van der Waals surface area contributed by atoms with E-state index < -0.39 is 0 Å². The topological polar surface area (TPSA) is 3.24 Å². The van der Waals surface area contributed by atoms with Crippen molar-refractivity contribution in [1.29, 1.82) is 0 Å². The molecule has 2 aromatic rings. The minimum atomic E-state index is 0.282. The van der Waals surface area contributed by atoms with Gasteiger partial charge in [0.2, 0.25) is 0 Å². The lowest BCUT2D eigenvalue weighted by Crippen LogP contribution is -2.40. The largest absolute Gasteiger partial charge is 0.337 e. The van der Waals surface area contributed by atoms with Gasteiger partial charge < -0.3 is 4.90 Å². The molecular weight excluding hydrogens is 338 g/mol. The molecule has 0 radical (unpaired) electrons. The third-order valence-corrected chi connectivity index (χ3v) is 6.04. The smallest absolute Gasteiger partial charge is 0.0625 e. The first-order valence-corrected chi connectivity index (χ1v) is 10.2. The maximum absolute atomic E-state index is 2.59. The summed E-state index contributed by atoms with van der Waals surface area (Å²) in [7, 11) is 0. The normalized spacial score (nSPS) is 23.1. The zero-order chi connectivity index (χ0) is 18.9. The van der Waals surface area contributed by atoms with Crippen molar-refractivity contribution in [2.45, 2.75) is 25.8 Å². The zero-order valence-corrected chi connectivity index (χ0v) is 16.3. The maximum atomic E-state index is 2.59. The van der Waals surface area contributed by atoms with Crippen LogP contribution in [0.4, 0.5) is 5.69 Å². The Hall–Kier alpha value is -3.06. The predicted molar refractivity (Wildman–Crippen MR) is 120 cm³/mol. The van der Waals surface area contributed by atoms with E-state index in [0.717, 1.165) is 12.8 Å². The summed E-state index contributed by atoms with van der Waals surface area (Å²) in [6, 6.07) is 15.7. The van der Waals surface area contributed by atoms with Gasteiger partial charge in [0.15, 0.2) is 0 Å². The number of rotatable bonds is 3. The van der Waals surface area contributed by atoms with Gasteiger partial charge in [0.1, 0.15) is 0 Å². The van der Waals surface area contributed by atoms with E-state index in [1.54, 1.807) is 0 Å². The van der Waals surface area contributed by atoms with Crippen LogP contribution in [0.25, 0.3) is 10.8 Å². The van der Waals surface area contributed by atoms with Crippen molar-refractivity contribution < 1.29 is 0 Å². The van der Waals surface area contributed by atoms with Gasteiger partial charge in [0.05, 0.1) is 6.04 Å². The summed E-state index contributed by atoms with van der Waals surface area (Å²) < 4.78 is 0. The molecule has 2 unspecified atom stereocenters. The van der Waals surface area contributed by atoms with E-state index in [1.165, 1.54) is 33.3 Å². The molecule has 0 aromatic heterocycles. The lowest BCUT2D eigenvalue weighted by atomic mass is 9.82. The van der Waals surface area contributed by atoms with Crippen molar-refractivity contribution in [3.05, 3.63) is 114 Å². The highest BCUT2D eigenvalue weighted by Gasteiger charge is 2.31. The van der Waals surface area contributed by atoms with Gasteiger partial charge in [0.25, 0.3) is 0 Å². The molecule has 0 fully saturated rings. The highest BCUT2D eigenvalue weighted by atomic mass is 15.2. The Morgan fingerprint density at radius 3 is 2.61 bits per heavy atom. The van der Waals surface area contributed by atoms with Crippen molar-refractivity contribution in [2.24, 2.45) is 5.92 Å². The molecule has 0 spiro atoms. The summed E-state index contributed by atoms with van der Waals surface area (Å²) in [5, 5.41) is 2.61. The molecule has 3 aliphatic carbocycles. The van der Waals surface area contributed by atoms with Crippen LogP contribution in [0.15, 0.2) is 114 Å². The number of nitrogens with zero attached hydrogens (tertiary/aromatic N) is 1. The van der Waals surface area contributed by atoms with Crippen LogP contribution >= 0.6 is 0 Å². The molecule has 0 saturated carbocycles. The minimum Gasteiger partial charge on any atom is -0.337 e. The molecule has 0 heterocycles. The summed E-state index contributed by atoms with van der Waals surface area (Å²) in [5.41, 5.74) is 5.56. The van der Waals surface area contributed by atoms with E-state index in [9.17, 15) is 0 Å². The van der Waals surface area contributed by atoms with Gasteiger partial charge in [-0.3, -0.25) is 0 Å². The average molecular weight is 364 g/mol. The first-order chi connectivity index (χ1) is 13.8. The van der Waals surface area contributed by atoms with Crippen LogP contribution in [0.3, 0.4) is 0 Å². The van der Waals surface area contributed by atoms with Gasteiger partial charge in [0, 0.05) is 22.7 Å². The summed E-state index contributed by atoms with van der Waals surface area (Å²) in [6.45, 7) is 2.23. The van der Waals surface area contributed by atoms with E-state index in [-0.39, 0.29) is 6.04 Å². The average Bonchev–Trinajstić information content (AvgIpc) is 2.75. The van der Waals surface area contributed by atoms with Crippen molar-refractivity contribution in [1.82, 2.24) is 0 Å². The van der Waals surface area contributed by atoms with Crippen LogP contribution in [0.2, 0.25) is 0 Å². The molecule has 0 amide bonds. The fraction of sp³-hybridized carbons (Fsp3) is 0.185. The third kappa shape index (κ3) is 2.97. The lowest BCUT2D eigenvalue weighted by Gasteiger charge is -2.41. The standard InChI is InChI=1S/C27H25N/c1-20-16-18-23(19-17-20)28(26-14-6-10-21-8-2-4-12-24(21)26)27-15-7-11-22-9-3-5-13-25(22)27/h2-16,18,24,26H,17,19H2,1H3. The predicted octanol–water partition coefficient (Wildman–Crippen LogP) is 6.88. The molecule has 2 aromatic carbocycles. The number of anilines is 1. The SMILES string of the molecule is CC1=CC=C(N(c2cccc3ccccc23)C2C=CC=C3C=CC=CC32)CC1. The van der Waals surface area contributed by atoms with Gasteiger partial charge in [-0.05, 0) is 42.9 Å². The highest BCUT2D eigenvalue weighted by molar-refractivity contribution is 5.95. The minimum absolute atomic E-state index is 0.282. The molecule has 0 saturated heterocycles. The second-order valence-electron chi connectivity index (χ2n) is 7.85. The maximum Gasteiger partial charge on any atom is 0.0625 e. The summed E-state index contributed by atoms with van der Waals surface area (Å²) in [4.78, 5) is 2.59. The number of allylic oxidation sites excluding steroid dienone is 9. The van der Waals surface area contributed by atoms with Crippen molar-refractivity contribution >= 4 is 16.5 Å². The van der Waals surface area contributed by atoms with Crippen LogP contribution < -0.4 is 4.90 Å². The Morgan fingerprint density at radius 1 is 0.821 bits per heavy atom. The fourth-order valence-electron chi connectivity index (χ4n) is 4.55. The Bertz CT molecular complexity index is 1080. The Balaban J connectivity index is 1.68. The monoisotopic (exact) mass is 363 g/mol. The number of fused-ring (bicyclic) bond motifs is 2. The molecule has 138 valence electrons. The van der Waals surface area contributed by atoms with Crippen molar-refractivity contribution in [3.8, 4) is 0 Å². The first-order valence-electron chi connectivity index (χ1n) is 10.2. The molecule has 2 atom stereocenters. The van der Waals surface area contributed by atoms with Gasteiger partial charge in [-0.25, -0.2) is 0 Å². The van der Waals surface area contributed by atoms with Crippen molar-refractivity contribution in [2.75, 3.05) is 4.90 Å². The third-order valence-electron chi connectivity index (χ3n) is 6.04. The van der Waals surface area contributed by atoms with Crippen LogP contribution in [-0.2, 0) is 0 Å². The van der Waals surface area contributed by atoms with Gasteiger partial charge >= 0.3 is 0 Å². The molecule has 1 nitrogen and oxygen atoms in total. The number of hydrogen-bond acceptors (Lipinski definition) is 1.